The topological polar surface area (TPSA) is 76.4 Å². The predicted molar refractivity (Wildman–Crippen MR) is 124 cm³/mol. The van der Waals surface area contributed by atoms with Crippen molar-refractivity contribution in [3.05, 3.63) is 51.9 Å². The number of nitrogens with zero attached hydrogens (tertiary/aromatic N) is 3. The molecule has 1 saturated carbocycles. The Balaban J connectivity index is 1.28. The van der Waals surface area contributed by atoms with Gasteiger partial charge in [0.25, 0.3) is 5.56 Å². The molecular weight excluding hydrogens is 436 g/mol. The number of benzene rings is 1. The number of aromatic nitrogens is 3. The summed E-state index contributed by atoms with van der Waals surface area (Å²) in [5.74, 6) is 0.864. The second-order valence-corrected chi connectivity index (χ2v) is 10.5. The van der Waals surface area contributed by atoms with Crippen molar-refractivity contribution in [3.8, 4) is 0 Å². The number of anilines is 1. The Morgan fingerprint density at radius 3 is 2.93 bits per heavy atom. The predicted octanol–water partition coefficient (Wildman–Crippen LogP) is 5.18. The molecule has 0 aliphatic heterocycles. The maximum atomic E-state index is 12.5. The van der Waals surface area contributed by atoms with E-state index in [4.69, 9.17) is 0 Å². The smallest absolute Gasteiger partial charge is 0.258 e. The molecule has 1 aromatic carbocycles. The van der Waals surface area contributed by atoms with Crippen LogP contribution in [-0.4, -0.2) is 20.3 Å². The fourth-order valence-electron chi connectivity index (χ4n) is 3.75. The highest BCUT2D eigenvalue weighted by Crippen LogP contribution is 2.33. The van der Waals surface area contributed by atoms with Gasteiger partial charge in [0.05, 0.1) is 15.9 Å². The molecule has 1 N–H and O–H groups in total. The van der Waals surface area contributed by atoms with Gasteiger partial charge in [-0.3, -0.25) is 14.0 Å². The van der Waals surface area contributed by atoms with Gasteiger partial charge in [0.15, 0.2) is 9.30 Å². The van der Waals surface area contributed by atoms with E-state index in [2.05, 4.69) is 15.3 Å². The standard InChI is InChI=1S/C21H20N4O2S3/c26-18-11-15(23-20-25(18)8-9-28-20)12-29-21-24-16-7-6-14(10-17(16)30-21)22-19(27)13-4-2-1-3-5-13/h6-11,13H,1-5,12H2,(H,22,27). The molecule has 0 saturated heterocycles. The zero-order valence-corrected chi connectivity index (χ0v) is 18.6. The molecular formula is C21H20N4O2S3. The van der Waals surface area contributed by atoms with Gasteiger partial charge in [0, 0.05) is 35.0 Å². The molecule has 1 fully saturated rings. The second kappa shape index (κ2) is 8.49. The maximum absolute atomic E-state index is 12.5. The summed E-state index contributed by atoms with van der Waals surface area (Å²) < 4.78 is 3.52. The number of carbonyl (C=O) groups is 1. The largest absolute Gasteiger partial charge is 0.326 e. The average Bonchev–Trinajstić information content (AvgIpc) is 3.39. The monoisotopic (exact) mass is 456 g/mol. The van der Waals surface area contributed by atoms with E-state index in [9.17, 15) is 9.59 Å². The molecule has 0 atom stereocenters. The van der Waals surface area contributed by atoms with Crippen molar-refractivity contribution in [1.82, 2.24) is 14.4 Å². The molecule has 5 rings (SSSR count). The fraction of sp³-hybridized carbons (Fsp3) is 0.333. The highest BCUT2D eigenvalue weighted by Gasteiger charge is 2.21. The third-order valence-corrected chi connectivity index (χ3v) is 8.26. The lowest BCUT2D eigenvalue weighted by Crippen LogP contribution is -2.24. The molecule has 30 heavy (non-hydrogen) atoms. The average molecular weight is 457 g/mol. The van der Waals surface area contributed by atoms with E-state index in [0.717, 1.165) is 51.6 Å². The van der Waals surface area contributed by atoms with Crippen molar-refractivity contribution < 1.29 is 4.79 Å². The van der Waals surface area contributed by atoms with Gasteiger partial charge < -0.3 is 5.32 Å². The summed E-state index contributed by atoms with van der Waals surface area (Å²) in [6.07, 6.45) is 7.25. The molecule has 0 radical (unpaired) electrons. The normalized spacial score (nSPS) is 15.1. The lowest BCUT2D eigenvalue weighted by molar-refractivity contribution is -0.120. The van der Waals surface area contributed by atoms with Crippen molar-refractivity contribution in [1.29, 1.82) is 0 Å². The van der Waals surface area contributed by atoms with Gasteiger partial charge in [-0.15, -0.1) is 22.7 Å². The number of thiazole rings is 2. The Labute approximate surface area is 185 Å². The number of rotatable bonds is 5. The first-order chi connectivity index (χ1) is 14.7. The molecule has 0 spiro atoms. The number of amides is 1. The van der Waals surface area contributed by atoms with Gasteiger partial charge in [-0.1, -0.05) is 31.0 Å². The summed E-state index contributed by atoms with van der Waals surface area (Å²) in [5.41, 5.74) is 2.45. The van der Waals surface area contributed by atoms with Crippen LogP contribution < -0.4 is 10.9 Å². The lowest BCUT2D eigenvalue weighted by Gasteiger charge is -2.20. The maximum Gasteiger partial charge on any atom is 0.258 e. The van der Waals surface area contributed by atoms with Crippen LogP contribution in [0.2, 0.25) is 0 Å². The Kier molecular flexibility index (Phi) is 5.58. The summed E-state index contributed by atoms with van der Waals surface area (Å²) in [7, 11) is 0. The van der Waals surface area contributed by atoms with Gasteiger partial charge >= 0.3 is 0 Å². The van der Waals surface area contributed by atoms with Crippen molar-refractivity contribution in [2.24, 2.45) is 5.92 Å². The van der Waals surface area contributed by atoms with Crippen molar-refractivity contribution >= 4 is 61.2 Å². The Morgan fingerprint density at radius 1 is 1.20 bits per heavy atom. The van der Waals surface area contributed by atoms with Crippen LogP contribution in [0.1, 0.15) is 37.8 Å². The molecule has 6 nitrogen and oxygen atoms in total. The minimum absolute atomic E-state index is 0.0560. The third-order valence-electron chi connectivity index (χ3n) is 5.31. The first-order valence-electron chi connectivity index (χ1n) is 9.96. The van der Waals surface area contributed by atoms with Gasteiger partial charge in [-0.05, 0) is 31.0 Å². The summed E-state index contributed by atoms with van der Waals surface area (Å²) in [6, 6.07) is 7.46. The number of nitrogens with one attached hydrogen (secondary N) is 1. The van der Waals surface area contributed by atoms with Crippen LogP contribution in [0.15, 0.2) is 45.0 Å². The van der Waals surface area contributed by atoms with E-state index in [0.29, 0.717) is 10.7 Å². The first-order valence-corrected chi connectivity index (χ1v) is 12.6. The lowest BCUT2D eigenvalue weighted by atomic mass is 9.88. The van der Waals surface area contributed by atoms with Crippen molar-refractivity contribution in [2.75, 3.05) is 5.32 Å². The number of carbonyl (C=O) groups excluding carboxylic acids is 1. The van der Waals surface area contributed by atoms with Crippen LogP contribution in [0.4, 0.5) is 5.69 Å². The third kappa shape index (κ3) is 4.14. The van der Waals surface area contributed by atoms with E-state index in [1.165, 1.54) is 17.8 Å². The van der Waals surface area contributed by atoms with Crippen LogP contribution >= 0.6 is 34.4 Å². The van der Waals surface area contributed by atoms with Crippen LogP contribution in [-0.2, 0) is 10.5 Å². The van der Waals surface area contributed by atoms with Gasteiger partial charge in [0.2, 0.25) is 5.91 Å². The number of hydrogen-bond donors (Lipinski definition) is 1. The summed E-state index contributed by atoms with van der Waals surface area (Å²) >= 11 is 4.62. The fourth-order valence-corrected chi connectivity index (χ4v) is 6.49. The second-order valence-electron chi connectivity index (χ2n) is 7.42. The first kappa shape index (κ1) is 19.7. The Hall–Kier alpha value is -2.23. The molecule has 3 aromatic heterocycles. The quantitative estimate of drug-likeness (QED) is 0.419. The van der Waals surface area contributed by atoms with Gasteiger partial charge in [0.1, 0.15) is 0 Å². The molecule has 1 aliphatic rings. The van der Waals surface area contributed by atoms with E-state index in [1.807, 2.05) is 23.6 Å². The van der Waals surface area contributed by atoms with Crippen LogP contribution in [0.3, 0.4) is 0 Å². The SMILES string of the molecule is O=C(Nc1ccc2nc(SCc3cc(=O)n4ccsc4n3)sc2c1)C1CCCCC1. The molecule has 4 aromatic rings. The molecule has 0 unspecified atom stereocenters. The molecule has 9 heteroatoms. The highest BCUT2D eigenvalue weighted by molar-refractivity contribution is 8.00. The van der Waals surface area contributed by atoms with Crippen molar-refractivity contribution in [3.63, 3.8) is 0 Å². The molecule has 0 bridgehead atoms. The number of fused-ring (bicyclic) bond motifs is 2. The van der Waals surface area contributed by atoms with Gasteiger partial charge in [-0.25, -0.2) is 9.97 Å². The Morgan fingerprint density at radius 2 is 2.07 bits per heavy atom. The Bertz CT molecular complexity index is 1270. The number of thioether (sulfide) groups is 1. The zero-order valence-electron chi connectivity index (χ0n) is 16.2. The summed E-state index contributed by atoms with van der Waals surface area (Å²) in [6.45, 7) is 0. The molecule has 1 aliphatic carbocycles. The van der Waals surface area contributed by atoms with Crippen LogP contribution in [0.25, 0.3) is 15.2 Å². The highest BCUT2D eigenvalue weighted by atomic mass is 32.2. The van der Waals surface area contributed by atoms with Crippen LogP contribution in [0, 0.1) is 5.92 Å². The molecule has 3 heterocycles. The van der Waals surface area contributed by atoms with E-state index >= 15 is 0 Å². The zero-order chi connectivity index (χ0) is 20.5. The molecule has 1 amide bonds. The van der Waals surface area contributed by atoms with E-state index in [1.54, 1.807) is 39.8 Å². The molecule has 154 valence electrons. The van der Waals surface area contributed by atoms with Crippen LogP contribution in [0.5, 0.6) is 0 Å². The summed E-state index contributed by atoms with van der Waals surface area (Å²) in [5, 5.41) is 4.94. The minimum Gasteiger partial charge on any atom is -0.326 e. The number of hydrogen-bond acceptors (Lipinski definition) is 7. The van der Waals surface area contributed by atoms with Gasteiger partial charge in [-0.2, -0.15) is 0 Å². The van der Waals surface area contributed by atoms with E-state index < -0.39 is 0 Å². The minimum atomic E-state index is -0.0560. The summed E-state index contributed by atoms with van der Waals surface area (Å²) in [4.78, 5) is 34.6. The van der Waals surface area contributed by atoms with E-state index in [-0.39, 0.29) is 17.4 Å². The van der Waals surface area contributed by atoms with Crippen molar-refractivity contribution in [2.45, 2.75) is 42.2 Å².